The average molecular weight is 455 g/mol. The van der Waals surface area contributed by atoms with Gasteiger partial charge in [0.05, 0.1) is 17.2 Å². The minimum absolute atomic E-state index is 0.0147. The summed E-state index contributed by atoms with van der Waals surface area (Å²) in [4.78, 5) is 21.0. The van der Waals surface area contributed by atoms with Gasteiger partial charge in [-0.25, -0.2) is 4.99 Å². The zero-order valence-corrected chi connectivity index (χ0v) is 19.5. The second-order valence-corrected chi connectivity index (χ2v) is 9.41. The monoisotopic (exact) mass is 454 g/mol. The van der Waals surface area contributed by atoms with Crippen LogP contribution in [0.15, 0.2) is 58.4 Å². The number of halogens is 1. The van der Waals surface area contributed by atoms with E-state index in [1.165, 1.54) is 18.2 Å². The van der Waals surface area contributed by atoms with Gasteiger partial charge in [-0.3, -0.25) is 9.69 Å². The number of aliphatic imine (C=N–C) groups is 1. The van der Waals surface area contributed by atoms with Gasteiger partial charge in [-0.1, -0.05) is 49.6 Å². The molecule has 1 heterocycles. The number of carbonyl (C=O) groups excluding carboxylic acids is 1. The first-order valence-electron chi connectivity index (χ1n) is 10.9. The van der Waals surface area contributed by atoms with Crippen molar-refractivity contribution in [1.29, 1.82) is 0 Å². The highest BCUT2D eigenvalue weighted by Gasteiger charge is 2.41. The van der Waals surface area contributed by atoms with Crippen LogP contribution >= 0.6 is 23.4 Å². The van der Waals surface area contributed by atoms with E-state index in [1.807, 2.05) is 60.4 Å². The SMILES string of the molecule is CCOc1ccc(Cl)cc1/C=C1\SC(=Nc2ccccc2)N([C@H]2CCCC[C@H]2C)C1=O. The Kier molecular flexibility index (Phi) is 7.03. The van der Waals surface area contributed by atoms with Gasteiger partial charge in [0.2, 0.25) is 0 Å². The maximum atomic E-state index is 13.6. The van der Waals surface area contributed by atoms with E-state index in [4.69, 9.17) is 21.3 Å². The molecule has 4 nitrogen and oxygen atoms in total. The van der Waals surface area contributed by atoms with Crippen molar-refractivity contribution < 1.29 is 9.53 Å². The van der Waals surface area contributed by atoms with Crippen LogP contribution in [0.1, 0.15) is 45.1 Å². The normalized spacial score (nSPS) is 24.2. The number of ether oxygens (including phenoxy) is 1. The summed E-state index contributed by atoms with van der Waals surface area (Å²) in [6, 6.07) is 15.5. The van der Waals surface area contributed by atoms with E-state index in [0.29, 0.717) is 22.5 Å². The molecule has 162 valence electrons. The molecule has 1 saturated carbocycles. The number of para-hydroxylation sites is 1. The van der Waals surface area contributed by atoms with Gasteiger partial charge in [0.25, 0.3) is 5.91 Å². The van der Waals surface area contributed by atoms with Crippen molar-refractivity contribution in [2.45, 2.75) is 45.6 Å². The van der Waals surface area contributed by atoms with Gasteiger partial charge in [-0.15, -0.1) is 0 Å². The zero-order valence-electron chi connectivity index (χ0n) is 17.9. The maximum Gasteiger partial charge on any atom is 0.267 e. The Morgan fingerprint density at radius 3 is 2.71 bits per heavy atom. The molecule has 0 spiro atoms. The molecule has 2 aromatic carbocycles. The largest absolute Gasteiger partial charge is 0.493 e. The third-order valence-electron chi connectivity index (χ3n) is 5.77. The molecule has 1 saturated heterocycles. The van der Waals surface area contributed by atoms with Crippen LogP contribution in [0.2, 0.25) is 5.02 Å². The third kappa shape index (κ3) is 4.99. The molecule has 2 fully saturated rings. The molecule has 6 heteroatoms. The molecule has 0 unspecified atom stereocenters. The van der Waals surface area contributed by atoms with Gasteiger partial charge < -0.3 is 4.74 Å². The summed E-state index contributed by atoms with van der Waals surface area (Å²) in [5.74, 6) is 1.18. The Hall–Kier alpha value is -2.24. The van der Waals surface area contributed by atoms with Crippen LogP contribution in [0.4, 0.5) is 5.69 Å². The first-order chi connectivity index (χ1) is 15.1. The van der Waals surface area contributed by atoms with Gasteiger partial charge in [-0.2, -0.15) is 0 Å². The highest BCUT2D eigenvalue weighted by molar-refractivity contribution is 8.18. The molecular weight excluding hydrogens is 428 g/mol. The number of amidine groups is 1. The van der Waals surface area contributed by atoms with E-state index >= 15 is 0 Å². The molecular formula is C25H27ClN2O2S. The fraction of sp³-hybridized carbons (Fsp3) is 0.360. The summed E-state index contributed by atoms with van der Waals surface area (Å²) in [6.07, 6.45) is 6.40. The lowest BCUT2D eigenvalue weighted by molar-refractivity contribution is -0.124. The molecule has 0 bridgehead atoms. The number of hydrogen-bond acceptors (Lipinski definition) is 4. The molecule has 1 aliphatic heterocycles. The van der Waals surface area contributed by atoms with Crippen LogP contribution in [-0.4, -0.2) is 28.6 Å². The van der Waals surface area contributed by atoms with Crippen molar-refractivity contribution in [3.8, 4) is 5.75 Å². The van der Waals surface area contributed by atoms with Gasteiger partial charge in [0.15, 0.2) is 5.17 Å². The molecule has 31 heavy (non-hydrogen) atoms. The molecule has 1 amide bonds. The molecule has 0 radical (unpaired) electrons. The molecule has 4 rings (SSSR count). The van der Waals surface area contributed by atoms with Crippen molar-refractivity contribution in [2.24, 2.45) is 10.9 Å². The number of nitrogens with zero attached hydrogens (tertiary/aromatic N) is 2. The van der Waals surface area contributed by atoms with Gasteiger partial charge >= 0.3 is 0 Å². The zero-order chi connectivity index (χ0) is 21.8. The minimum atomic E-state index is 0.0147. The number of carbonyl (C=O) groups is 1. The lowest BCUT2D eigenvalue weighted by Gasteiger charge is -2.35. The van der Waals surface area contributed by atoms with Gasteiger partial charge in [0.1, 0.15) is 5.75 Å². The van der Waals surface area contributed by atoms with Crippen molar-refractivity contribution in [2.75, 3.05) is 6.61 Å². The Morgan fingerprint density at radius 2 is 1.97 bits per heavy atom. The Labute approximate surface area is 193 Å². The number of thioether (sulfide) groups is 1. The highest BCUT2D eigenvalue weighted by atomic mass is 35.5. The van der Waals surface area contributed by atoms with Gasteiger partial charge in [-0.05, 0) is 73.9 Å². The van der Waals surface area contributed by atoms with Crippen molar-refractivity contribution >= 4 is 46.2 Å². The topological polar surface area (TPSA) is 41.9 Å². The quantitative estimate of drug-likeness (QED) is 0.460. The number of rotatable bonds is 5. The van der Waals surface area contributed by atoms with Crippen LogP contribution < -0.4 is 4.74 Å². The smallest absolute Gasteiger partial charge is 0.267 e. The predicted octanol–water partition coefficient (Wildman–Crippen LogP) is 6.92. The van der Waals surface area contributed by atoms with E-state index in [2.05, 4.69) is 6.92 Å². The van der Waals surface area contributed by atoms with Crippen LogP contribution in [-0.2, 0) is 4.79 Å². The summed E-state index contributed by atoms with van der Waals surface area (Å²) in [7, 11) is 0. The lowest BCUT2D eigenvalue weighted by Crippen LogP contribution is -2.44. The van der Waals surface area contributed by atoms with E-state index < -0.39 is 0 Å². The van der Waals surface area contributed by atoms with E-state index in [9.17, 15) is 4.79 Å². The highest BCUT2D eigenvalue weighted by Crippen LogP contribution is 2.41. The standard InChI is InChI=1S/C25H27ClN2O2S/c1-3-30-22-14-13-19(26)15-18(22)16-23-24(29)28(21-12-8-7-9-17(21)2)25(31-23)27-20-10-5-4-6-11-20/h4-6,10-11,13-17,21H,3,7-9,12H2,1-2H3/b23-16-,27-25?/t17-,21+/m1/s1. The summed E-state index contributed by atoms with van der Waals surface area (Å²) in [6.45, 7) is 4.73. The van der Waals surface area contributed by atoms with Crippen LogP contribution in [0.3, 0.4) is 0 Å². The molecule has 2 atom stereocenters. The van der Waals surface area contributed by atoms with E-state index in [1.54, 1.807) is 6.07 Å². The first-order valence-corrected chi connectivity index (χ1v) is 12.1. The van der Waals surface area contributed by atoms with Gasteiger partial charge in [0, 0.05) is 16.6 Å². The van der Waals surface area contributed by atoms with Crippen molar-refractivity contribution in [3.05, 3.63) is 64.0 Å². The molecule has 2 aromatic rings. The first kappa shape index (κ1) is 22.0. The summed E-state index contributed by atoms with van der Waals surface area (Å²) < 4.78 is 5.75. The average Bonchev–Trinajstić information content (AvgIpc) is 3.06. The Balaban J connectivity index is 1.74. The fourth-order valence-corrected chi connectivity index (χ4v) is 5.43. The van der Waals surface area contributed by atoms with E-state index in [0.717, 1.165) is 41.4 Å². The van der Waals surface area contributed by atoms with Crippen molar-refractivity contribution in [3.63, 3.8) is 0 Å². The number of hydrogen-bond donors (Lipinski definition) is 0. The second kappa shape index (κ2) is 9.92. The molecule has 0 aromatic heterocycles. The Bertz CT molecular complexity index is 1010. The van der Waals surface area contributed by atoms with Crippen molar-refractivity contribution in [1.82, 2.24) is 4.90 Å². The Morgan fingerprint density at radius 1 is 1.19 bits per heavy atom. The van der Waals surface area contributed by atoms with Crippen LogP contribution in [0, 0.1) is 5.92 Å². The summed E-state index contributed by atoms with van der Waals surface area (Å²) in [5.41, 5.74) is 1.66. The fourth-order valence-electron chi connectivity index (χ4n) is 4.21. The number of benzene rings is 2. The second-order valence-electron chi connectivity index (χ2n) is 7.96. The summed E-state index contributed by atoms with van der Waals surface area (Å²) in [5, 5.41) is 1.36. The predicted molar refractivity (Wildman–Crippen MR) is 130 cm³/mol. The molecule has 2 aliphatic rings. The third-order valence-corrected chi connectivity index (χ3v) is 6.99. The number of amides is 1. The van der Waals surface area contributed by atoms with E-state index in [-0.39, 0.29) is 11.9 Å². The summed E-state index contributed by atoms with van der Waals surface area (Å²) >= 11 is 7.67. The van der Waals surface area contributed by atoms with Crippen LogP contribution in [0.5, 0.6) is 5.75 Å². The molecule has 0 N–H and O–H groups in total. The lowest BCUT2D eigenvalue weighted by atomic mass is 9.85. The molecule has 1 aliphatic carbocycles. The maximum absolute atomic E-state index is 13.6. The minimum Gasteiger partial charge on any atom is -0.493 e. The van der Waals surface area contributed by atoms with Crippen LogP contribution in [0.25, 0.3) is 6.08 Å².